The van der Waals surface area contributed by atoms with E-state index in [9.17, 15) is 0 Å². The molecule has 7 heteroatoms. The second-order valence-electron chi connectivity index (χ2n) is 6.95. The summed E-state index contributed by atoms with van der Waals surface area (Å²) in [6, 6.07) is 6.51. The van der Waals surface area contributed by atoms with Gasteiger partial charge in [-0.05, 0) is 31.4 Å². The lowest BCUT2D eigenvalue weighted by Gasteiger charge is -2.40. The molecule has 4 heterocycles. The van der Waals surface area contributed by atoms with E-state index in [0.29, 0.717) is 11.9 Å². The van der Waals surface area contributed by atoms with Crippen molar-refractivity contribution in [2.45, 2.75) is 51.1 Å². The zero-order valence-corrected chi connectivity index (χ0v) is 14.8. The fraction of sp³-hybridized carbons (Fsp3) is 0.421. The standard InChI is InChI=1S/C19H21N7/c1-2-15-19-24-22-12-25(19)16-11-21-17(14-9-5-6-10-20-14)23-18(16)26(15)13-7-3-4-8-13/h5-6,9-13,15H,2-4,7-8H2,1H3. The summed E-state index contributed by atoms with van der Waals surface area (Å²) in [6.07, 6.45) is 11.4. The summed E-state index contributed by atoms with van der Waals surface area (Å²) in [6.45, 7) is 2.21. The van der Waals surface area contributed by atoms with Gasteiger partial charge in [-0.1, -0.05) is 25.8 Å². The first-order valence-corrected chi connectivity index (χ1v) is 9.34. The minimum Gasteiger partial charge on any atom is -0.341 e. The second-order valence-corrected chi connectivity index (χ2v) is 6.95. The van der Waals surface area contributed by atoms with Gasteiger partial charge in [-0.3, -0.25) is 9.55 Å². The van der Waals surface area contributed by atoms with Crippen LogP contribution in [-0.4, -0.2) is 35.8 Å². The number of fused-ring (bicyclic) bond motifs is 3. The average molecular weight is 347 g/mol. The molecule has 0 radical (unpaired) electrons. The molecule has 7 nitrogen and oxygen atoms in total. The molecule has 132 valence electrons. The minimum atomic E-state index is 0.194. The van der Waals surface area contributed by atoms with Crippen molar-refractivity contribution in [1.82, 2.24) is 29.7 Å². The molecule has 3 aromatic rings. The smallest absolute Gasteiger partial charge is 0.180 e. The molecule has 1 aliphatic heterocycles. The maximum absolute atomic E-state index is 4.96. The van der Waals surface area contributed by atoms with Crippen LogP contribution in [-0.2, 0) is 0 Å². The van der Waals surface area contributed by atoms with Crippen molar-refractivity contribution in [1.29, 1.82) is 0 Å². The third kappa shape index (κ3) is 2.30. The lowest BCUT2D eigenvalue weighted by Crippen LogP contribution is -2.42. The van der Waals surface area contributed by atoms with Crippen LogP contribution in [0.4, 0.5) is 5.82 Å². The van der Waals surface area contributed by atoms with E-state index in [-0.39, 0.29) is 6.04 Å². The predicted octanol–water partition coefficient (Wildman–Crippen LogP) is 3.33. The number of nitrogens with zero attached hydrogens (tertiary/aromatic N) is 7. The van der Waals surface area contributed by atoms with Crippen molar-refractivity contribution < 1.29 is 0 Å². The Morgan fingerprint density at radius 2 is 2.04 bits per heavy atom. The fourth-order valence-corrected chi connectivity index (χ4v) is 4.26. The van der Waals surface area contributed by atoms with Crippen LogP contribution in [0.15, 0.2) is 36.9 Å². The van der Waals surface area contributed by atoms with Crippen LogP contribution in [0, 0.1) is 0 Å². The fourth-order valence-electron chi connectivity index (χ4n) is 4.26. The number of rotatable bonds is 3. The molecule has 1 fully saturated rings. The molecular formula is C19H21N7. The molecule has 1 aliphatic carbocycles. The zero-order valence-electron chi connectivity index (χ0n) is 14.8. The highest BCUT2D eigenvalue weighted by molar-refractivity contribution is 5.65. The summed E-state index contributed by atoms with van der Waals surface area (Å²) in [4.78, 5) is 16.4. The van der Waals surface area contributed by atoms with Gasteiger partial charge in [0.05, 0.1) is 12.2 Å². The Hall–Kier alpha value is -2.83. The first-order valence-electron chi connectivity index (χ1n) is 9.34. The molecule has 1 unspecified atom stereocenters. The van der Waals surface area contributed by atoms with E-state index in [1.54, 1.807) is 12.5 Å². The summed E-state index contributed by atoms with van der Waals surface area (Å²) in [5.74, 6) is 2.63. The van der Waals surface area contributed by atoms with Crippen LogP contribution in [0.25, 0.3) is 17.2 Å². The highest BCUT2D eigenvalue weighted by Crippen LogP contribution is 2.42. The molecular weight excluding hydrogens is 326 g/mol. The maximum atomic E-state index is 4.96. The van der Waals surface area contributed by atoms with Gasteiger partial charge in [0.1, 0.15) is 17.7 Å². The molecule has 2 aliphatic rings. The Morgan fingerprint density at radius 1 is 1.15 bits per heavy atom. The van der Waals surface area contributed by atoms with Crippen molar-refractivity contribution in [3.05, 3.63) is 42.7 Å². The topological polar surface area (TPSA) is 72.6 Å². The van der Waals surface area contributed by atoms with E-state index < -0.39 is 0 Å². The van der Waals surface area contributed by atoms with Crippen LogP contribution in [0.3, 0.4) is 0 Å². The van der Waals surface area contributed by atoms with E-state index in [4.69, 9.17) is 4.98 Å². The van der Waals surface area contributed by atoms with Crippen molar-refractivity contribution in [2.24, 2.45) is 0 Å². The molecule has 0 aromatic carbocycles. The largest absolute Gasteiger partial charge is 0.341 e. The number of anilines is 1. The SMILES string of the molecule is CCC1c2nncn2-c2cnc(-c3ccccn3)nc2N1C1CCCC1. The normalized spacial score (nSPS) is 19.4. The van der Waals surface area contributed by atoms with Crippen LogP contribution >= 0.6 is 0 Å². The maximum Gasteiger partial charge on any atom is 0.180 e. The second kappa shape index (κ2) is 6.16. The van der Waals surface area contributed by atoms with Crippen molar-refractivity contribution >= 4 is 5.82 Å². The van der Waals surface area contributed by atoms with Crippen molar-refractivity contribution in [3.63, 3.8) is 0 Å². The highest BCUT2D eigenvalue weighted by Gasteiger charge is 2.38. The van der Waals surface area contributed by atoms with Gasteiger partial charge < -0.3 is 4.90 Å². The van der Waals surface area contributed by atoms with E-state index in [2.05, 4.69) is 32.0 Å². The first kappa shape index (κ1) is 15.4. The molecule has 0 bridgehead atoms. The number of hydrogen-bond donors (Lipinski definition) is 0. The number of pyridine rings is 1. The van der Waals surface area contributed by atoms with Crippen LogP contribution in [0.2, 0.25) is 0 Å². The Morgan fingerprint density at radius 3 is 2.81 bits per heavy atom. The van der Waals surface area contributed by atoms with Gasteiger partial charge in [0.2, 0.25) is 0 Å². The minimum absolute atomic E-state index is 0.194. The summed E-state index contributed by atoms with van der Waals surface area (Å²) in [5.41, 5.74) is 1.76. The lowest BCUT2D eigenvalue weighted by atomic mass is 10.0. The third-order valence-electron chi connectivity index (χ3n) is 5.46. The van der Waals surface area contributed by atoms with Crippen molar-refractivity contribution in [3.8, 4) is 17.2 Å². The summed E-state index contributed by atoms with van der Waals surface area (Å²) in [5, 5.41) is 8.57. The molecule has 1 atom stereocenters. The predicted molar refractivity (Wildman–Crippen MR) is 97.9 cm³/mol. The number of hydrogen-bond acceptors (Lipinski definition) is 6. The van der Waals surface area contributed by atoms with E-state index in [0.717, 1.165) is 29.4 Å². The summed E-state index contributed by atoms with van der Waals surface area (Å²) >= 11 is 0. The summed E-state index contributed by atoms with van der Waals surface area (Å²) < 4.78 is 2.04. The quantitative estimate of drug-likeness (QED) is 0.723. The highest BCUT2D eigenvalue weighted by atomic mass is 15.4. The molecule has 5 rings (SSSR count). The Labute approximate surface area is 152 Å². The number of aromatic nitrogens is 6. The van der Waals surface area contributed by atoms with E-state index in [1.165, 1.54) is 25.7 Å². The molecule has 1 saturated carbocycles. The first-order chi connectivity index (χ1) is 12.9. The van der Waals surface area contributed by atoms with Gasteiger partial charge in [0.15, 0.2) is 17.5 Å². The molecule has 0 amide bonds. The third-order valence-corrected chi connectivity index (χ3v) is 5.46. The van der Waals surface area contributed by atoms with Gasteiger partial charge >= 0.3 is 0 Å². The summed E-state index contributed by atoms with van der Waals surface area (Å²) in [7, 11) is 0. The Kier molecular flexibility index (Phi) is 3.65. The Balaban J connectivity index is 1.69. The van der Waals surface area contributed by atoms with Gasteiger partial charge in [-0.25, -0.2) is 9.97 Å². The van der Waals surface area contributed by atoms with Crippen LogP contribution in [0.5, 0.6) is 0 Å². The van der Waals surface area contributed by atoms with Crippen molar-refractivity contribution in [2.75, 3.05) is 4.90 Å². The Bertz CT molecular complexity index is 915. The van der Waals surface area contributed by atoms with E-state index >= 15 is 0 Å². The van der Waals surface area contributed by atoms with Gasteiger partial charge in [0, 0.05) is 12.2 Å². The molecule has 3 aromatic heterocycles. The van der Waals surface area contributed by atoms with Gasteiger partial charge in [0.25, 0.3) is 0 Å². The zero-order chi connectivity index (χ0) is 17.5. The molecule has 0 N–H and O–H groups in total. The molecule has 0 saturated heterocycles. The lowest BCUT2D eigenvalue weighted by molar-refractivity contribution is 0.469. The van der Waals surface area contributed by atoms with Crippen LogP contribution in [0.1, 0.15) is 50.9 Å². The monoisotopic (exact) mass is 347 g/mol. The molecule has 0 spiro atoms. The molecule has 26 heavy (non-hydrogen) atoms. The van der Waals surface area contributed by atoms with Gasteiger partial charge in [-0.15, -0.1) is 10.2 Å². The van der Waals surface area contributed by atoms with Gasteiger partial charge in [-0.2, -0.15) is 0 Å². The van der Waals surface area contributed by atoms with Crippen LogP contribution < -0.4 is 4.90 Å². The van der Waals surface area contributed by atoms with E-state index in [1.807, 2.05) is 29.0 Å². The average Bonchev–Trinajstić information content (AvgIpc) is 3.39.